The highest BCUT2D eigenvalue weighted by atomic mass is 32.2. The number of nitrogens with two attached hydrogens (primary N) is 1. The van der Waals surface area contributed by atoms with E-state index in [1.807, 2.05) is 11.8 Å². The van der Waals surface area contributed by atoms with Crippen LogP contribution in [0.25, 0.3) is 0 Å². The maximum Gasteiger partial charge on any atom is 0.105 e. The third-order valence-electron chi connectivity index (χ3n) is 1.90. The van der Waals surface area contributed by atoms with E-state index >= 15 is 0 Å². The minimum Gasteiger partial charge on any atom is -0.387 e. The van der Waals surface area contributed by atoms with Gasteiger partial charge in [0.2, 0.25) is 0 Å². The van der Waals surface area contributed by atoms with E-state index in [-0.39, 0.29) is 5.84 Å². The molecule has 0 atom stereocenters. The molecule has 0 aromatic carbocycles. The Morgan fingerprint density at radius 3 is 2.83 bits per heavy atom. The first-order chi connectivity index (χ1) is 5.49. The van der Waals surface area contributed by atoms with Gasteiger partial charge < -0.3 is 5.73 Å². The average Bonchev–Trinajstić information content (AvgIpc) is 1.82. The van der Waals surface area contributed by atoms with Crippen molar-refractivity contribution >= 4 is 17.6 Å². The Kier molecular flexibility index (Phi) is 3.01. The summed E-state index contributed by atoms with van der Waals surface area (Å²) < 4.78 is 0.327. The second kappa shape index (κ2) is 3.66. The van der Waals surface area contributed by atoms with Gasteiger partial charge in [0.15, 0.2) is 0 Å². The van der Waals surface area contributed by atoms with Crippen LogP contribution in [0.3, 0.4) is 0 Å². The SMILES string of the molecule is CC1(C)CN(CC(=N)N)CCS1. The lowest BCUT2D eigenvalue weighted by molar-refractivity contribution is 0.294. The number of rotatable bonds is 2. The number of hydrogen-bond acceptors (Lipinski definition) is 3. The smallest absolute Gasteiger partial charge is 0.105 e. The van der Waals surface area contributed by atoms with Crippen molar-refractivity contribution in [2.24, 2.45) is 5.73 Å². The highest BCUT2D eigenvalue weighted by molar-refractivity contribution is 8.00. The molecule has 0 unspecified atom stereocenters. The summed E-state index contributed by atoms with van der Waals surface area (Å²) in [7, 11) is 0. The van der Waals surface area contributed by atoms with Crippen molar-refractivity contribution in [1.29, 1.82) is 5.41 Å². The van der Waals surface area contributed by atoms with Crippen LogP contribution in [0.15, 0.2) is 0 Å². The van der Waals surface area contributed by atoms with Crippen molar-refractivity contribution in [1.82, 2.24) is 4.90 Å². The first-order valence-electron chi connectivity index (χ1n) is 4.19. The van der Waals surface area contributed by atoms with E-state index in [1.54, 1.807) is 0 Å². The molecule has 0 aromatic rings. The van der Waals surface area contributed by atoms with E-state index in [4.69, 9.17) is 11.1 Å². The summed E-state index contributed by atoms with van der Waals surface area (Å²) in [6.07, 6.45) is 0. The molecule has 12 heavy (non-hydrogen) atoms. The summed E-state index contributed by atoms with van der Waals surface area (Å²) in [5, 5.41) is 7.19. The van der Waals surface area contributed by atoms with Gasteiger partial charge in [0.05, 0.1) is 6.54 Å². The largest absolute Gasteiger partial charge is 0.387 e. The minimum absolute atomic E-state index is 0.276. The Morgan fingerprint density at radius 1 is 1.67 bits per heavy atom. The maximum absolute atomic E-state index is 7.19. The van der Waals surface area contributed by atoms with E-state index in [2.05, 4.69) is 18.7 Å². The summed E-state index contributed by atoms with van der Waals surface area (Å²) in [6, 6.07) is 0. The van der Waals surface area contributed by atoms with Crippen molar-refractivity contribution in [3.8, 4) is 0 Å². The molecule has 1 fully saturated rings. The van der Waals surface area contributed by atoms with Crippen LogP contribution >= 0.6 is 11.8 Å². The minimum atomic E-state index is 0.276. The number of nitrogens with zero attached hydrogens (tertiary/aromatic N) is 1. The zero-order valence-corrected chi connectivity index (χ0v) is 8.58. The van der Waals surface area contributed by atoms with Crippen LogP contribution in [-0.2, 0) is 0 Å². The molecular weight excluding hydrogens is 170 g/mol. The van der Waals surface area contributed by atoms with Gasteiger partial charge in [-0.05, 0) is 13.8 Å². The Balaban J connectivity index is 2.41. The molecule has 0 aromatic heterocycles. The van der Waals surface area contributed by atoms with Crippen LogP contribution in [0.1, 0.15) is 13.8 Å². The molecule has 1 heterocycles. The fourth-order valence-electron chi connectivity index (χ4n) is 1.49. The van der Waals surface area contributed by atoms with Crippen LogP contribution < -0.4 is 5.73 Å². The molecule has 0 bridgehead atoms. The van der Waals surface area contributed by atoms with Crippen molar-refractivity contribution in [2.45, 2.75) is 18.6 Å². The first kappa shape index (κ1) is 9.86. The summed E-state index contributed by atoms with van der Waals surface area (Å²) in [4.78, 5) is 2.25. The Morgan fingerprint density at radius 2 is 2.33 bits per heavy atom. The van der Waals surface area contributed by atoms with Crippen molar-refractivity contribution < 1.29 is 0 Å². The predicted molar refractivity (Wildman–Crippen MR) is 54.9 cm³/mol. The Bertz CT molecular complexity index is 179. The number of hydrogen-bond donors (Lipinski definition) is 2. The quantitative estimate of drug-likeness (QED) is 0.495. The maximum atomic E-state index is 7.19. The van der Waals surface area contributed by atoms with E-state index < -0.39 is 0 Å². The third kappa shape index (κ3) is 3.03. The molecule has 0 saturated carbocycles. The standard InChI is InChI=1S/C8H17N3S/c1-8(2)6-11(3-4-12-8)5-7(9)10/h3-6H2,1-2H3,(H3,9,10). The molecule has 1 aliphatic rings. The van der Waals surface area contributed by atoms with Gasteiger partial charge in [-0.15, -0.1) is 0 Å². The van der Waals surface area contributed by atoms with Gasteiger partial charge in [-0.25, -0.2) is 0 Å². The van der Waals surface area contributed by atoms with Crippen molar-refractivity contribution in [2.75, 3.05) is 25.4 Å². The summed E-state index contributed by atoms with van der Waals surface area (Å²) in [6.45, 7) is 7.21. The third-order valence-corrected chi connectivity index (χ3v) is 3.20. The van der Waals surface area contributed by atoms with Crippen LogP contribution in [0, 0.1) is 5.41 Å². The lowest BCUT2D eigenvalue weighted by atomic mass is 10.2. The molecule has 4 heteroatoms. The van der Waals surface area contributed by atoms with E-state index in [1.165, 1.54) is 0 Å². The Hall–Kier alpha value is -0.220. The molecule has 0 aliphatic carbocycles. The monoisotopic (exact) mass is 187 g/mol. The van der Waals surface area contributed by atoms with Crippen molar-refractivity contribution in [3.63, 3.8) is 0 Å². The average molecular weight is 187 g/mol. The van der Waals surface area contributed by atoms with E-state index in [9.17, 15) is 0 Å². The van der Waals surface area contributed by atoms with Crippen LogP contribution in [0.4, 0.5) is 0 Å². The topological polar surface area (TPSA) is 53.1 Å². The molecule has 0 radical (unpaired) electrons. The highest BCUT2D eigenvalue weighted by Crippen LogP contribution is 2.28. The van der Waals surface area contributed by atoms with E-state index in [0.29, 0.717) is 11.3 Å². The fourth-order valence-corrected chi connectivity index (χ4v) is 2.67. The molecule has 0 spiro atoms. The second-order valence-electron chi connectivity index (χ2n) is 3.84. The lowest BCUT2D eigenvalue weighted by Gasteiger charge is -2.37. The van der Waals surface area contributed by atoms with Crippen LogP contribution in [0.5, 0.6) is 0 Å². The van der Waals surface area contributed by atoms with Gasteiger partial charge in [-0.1, -0.05) is 0 Å². The fraction of sp³-hybridized carbons (Fsp3) is 0.875. The van der Waals surface area contributed by atoms with Gasteiger partial charge in [0, 0.05) is 23.6 Å². The van der Waals surface area contributed by atoms with Gasteiger partial charge in [0.1, 0.15) is 5.84 Å². The first-order valence-corrected chi connectivity index (χ1v) is 5.17. The lowest BCUT2D eigenvalue weighted by Crippen LogP contribution is -2.46. The van der Waals surface area contributed by atoms with Gasteiger partial charge in [-0.2, -0.15) is 11.8 Å². The highest BCUT2D eigenvalue weighted by Gasteiger charge is 2.26. The zero-order chi connectivity index (χ0) is 9.19. The molecule has 3 nitrogen and oxygen atoms in total. The molecule has 3 N–H and O–H groups in total. The van der Waals surface area contributed by atoms with Gasteiger partial charge >= 0.3 is 0 Å². The van der Waals surface area contributed by atoms with Gasteiger partial charge in [0.25, 0.3) is 0 Å². The zero-order valence-electron chi connectivity index (χ0n) is 7.76. The molecular formula is C8H17N3S. The summed E-state index contributed by atoms with van der Waals surface area (Å²) >= 11 is 2.00. The second-order valence-corrected chi connectivity index (χ2v) is 5.65. The van der Waals surface area contributed by atoms with Crippen molar-refractivity contribution in [3.05, 3.63) is 0 Å². The summed E-state index contributed by atoms with van der Waals surface area (Å²) in [5.41, 5.74) is 5.35. The molecule has 1 rings (SSSR count). The van der Waals surface area contributed by atoms with Gasteiger partial charge in [-0.3, -0.25) is 10.3 Å². The number of amidine groups is 1. The predicted octanol–water partition coefficient (Wildman–Crippen LogP) is 0.750. The molecule has 70 valence electrons. The van der Waals surface area contributed by atoms with Crippen LogP contribution in [-0.4, -0.2) is 40.9 Å². The van der Waals surface area contributed by atoms with E-state index in [0.717, 1.165) is 18.8 Å². The number of nitrogens with one attached hydrogen (secondary N) is 1. The normalized spacial score (nSPS) is 23.8. The molecule has 1 saturated heterocycles. The Labute approximate surface area is 78.2 Å². The molecule has 1 aliphatic heterocycles. The molecule has 0 amide bonds. The summed E-state index contributed by atoms with van der Waals surface area (Å²) in [5.74, 6) is 1.43. The van der Waals surface area contributed by atoms with Crippen LogP contribution in [0.2, 0.25) is 0 Å². The number of thioether (sulfide) groups is 1.